The molecule has 0 aromatic carbocycles. The Morgan fingerprint density at radius 3 is 2.82 bits per heavy atom. The van der Waals surface area contributed by atoms with E-state index in [2.05, 4.69) is 16.0 Å². The molecule has 1 saturated carbocycles. The molecule has 1 aliphatic carbocycles. The van der Waals surface area contributed by atoms with Crippen molar-refractivity contribution in [2.45, 2.75) is 31.8 Å². The molecule has 3 nitrogen and oxygen atoms in total. The Kier molecular flexibility index (Phi) is 4.22. The first-order chi connectivity index (χ1) is 8.20. The average molecular weight is 270 g/mol. The molecule has 0 saturated heterocycles. The van der Waals surface area contributed by atoms with Crippen molar-refractivity contribution < 1.29 is 0 Å². The molecule has 0 spiro atoms. The lowest BCUT2D eigenvalue weighted by atomic mass is 10.2. The van der Waals surface area contributed by atoms with Crippen LogP contribution in [-0.4, -0.2) is 22.5 Å². The van der Waals surface area contributed by atoms with Gasteiger partial charge in [0.25, 0.3) is 0 Å². The second kappa shape index (κ2) is 5.68. The first-order valence-electron chi connectivity index (χ1n) is 5.61. The third kappa shape index (κ3) is 3.57. The minimum absolute atomic E-state index is 0.411. The van der Waals surface area contributed by atoms with Gasteiger partial charge in [0, 0.05) is 42.3 Å². The minimum Gasteiger partial charge on any atom is -0.295 e. The van der Waals surface area contributed by atoms with Crippen molar-refractivity contribution in [1.82, 2.24) is 9.88 Å². The fraction of sp³-hybridized carbons (Fsp3) is 0.500. The maximum atomic E-state index is 8.64. The predicted molar refractivity (Wildman–Crippen MR) is 67.9 cm³/mol. The smallest absolute Gasteiger partial charge is 0.130 e. The highest BCUT2D eigenvalue weighted by Gasteiger charge is 2.28. The number of nitriles is 1. The summed E-state index contributed by atoms with van der Waals surface area (Å²) in [4.78, 5) is 6.33. The summed E-state index contributed by atoms with van der Waals surface area (Å²) in [5.41, 5.74) is 0.973. The highest BCUT2D eigenvalue weighted by Crippen LogP contribution is 2.30. The summed E-state index contributed by atoms with van der Waals surface area (Å²) in [6, 6.07) is 4.45. The van der Waals surface area contributed by atoms with Crippen molar-refractivity contribution in [2.24, 2.45) is 0 Å². The van der Waals surface area contributed by atoms with Crippen molar-refractivity contribution in [2.75, 3.05) is 6.54 Å². The molecule has 5 heteroatoms. The Labute approximate surface area is 111 Å². The molecule has 1 aliphatic rings. The van der Waals surface area contributed by atoms with E-state index in [9.17, 15) is 0 Å². The molecule has 90 valence electrons. The normalized spacial score (nSPS) is 14.9. The van der Waals surface area contributed by atoms with E-state index in [0.29, 0.717) is 22.6 Å². The van der Waals surface area contributed by atoms with Gasteiger partial charge < -0.3 is 0 Å². The summed E-state index contributed by atoms with van der Waals surface area (Å²) in [5, 5.41) is 9.70. The maximum Gasteiger partial charge on any atom is 0.130 e. The van der Waals surface area contributed by atoms with Gasteiger partial charge in [-0.2, -0.15) is 5.26 Å². The molecule has 1 fully saturated rings. The van der Waals surface area contributed by atoms with Gasteiger partial charge in [-0.3, -0.25) is 4.90 Å². The summed E-state index contributed by atoms with van der Waals surface area (Å²) in [6.07, 6.45) is 4.69. The van der Waals surface area contributed by atoms with Gasteiger partial charge in [0.05, 0.1) is 6.07 Å². The lowest BCUT2D eigenvalue weighted by Gasteiger charge is -2.21. The Balaban J connectivity index is 2.03. The van der Waals surface area contributed by atoms with Gasteiger partial charge in [-0.25, -0.2) is 4.98 Å². The summed E-state index contributed by atoms with van der Waals surface area (Å²) in [7, 11) is 0. The average Bonchev–Trinajstić information content (AvgIpc) is 3.11. The Bertz CT molecular complexity index is 438. The second-order valence-electron chi connectivity index (χ2n) is 4.21. The molecule has 17 heavy (non-hydrogen) atoms. The third-order valence-corrected chi connectivity index (χ3v) is 3.40. The van der Waals surface area contributed by atoms with Crippen LogP contribution in [0.25, 0.3) is 0 Å². The predicted octanol–water partition coefficient (Wildman–Crippen LogP) is 3.27. The topological polar surface area (TPSA) is 39.9 Å². The van der Waals surface area contributed by atoms with Gasteiger partial charge in [-0.15, -0.1) is 0 Å². The van der Waals surface area contributed by atoms with Crippen molar-refractivity contribution >= 4 is 23.2 Å². The molecule has 0 unspecified atom stereocenters. The van der Waals surface area contributed by atoms with Crippen LogP contribution in [0.3, 0.4) is 0 Å². The monoisotopic (exact) mass is 269 g/mol. The molecule has 0 amide bonds. The molecule has 0 N–H and O–H groups in total. The van der Waals surface area contributed by atoms with Crippen LogP contribution in [0.5, 0.6) is 0 Å². The summed E-state index contributed by atoms with van der Waals surface area (Å²) in [6.45, 7) is 1.54. The lowest BCUT2D eigenvalue weighted by molar-refractivity contribution is 0.260. The van der Waals surface area contributed by atoms with Crippen molar-refractivity contribution in [3.63, 3.8) is 0 Å². The van der Waals surface area contributed by atoms with Gasteiger partial charge in [-0.05, 0) is 18.9 Å². The van der Waals surface area contributed by atoms with Gasteiger partial charge >= 0.3 is 0 Å². The van der Waals surface area contributed by atoms with Crippen LogP contribution < -0.4 is 0 Å². The largest absolute Gasteiger partial charge is 0.295 e. The number of aromatic nitrogens is 1. The highest BCUT2D eigenvalue weighted by atomic mass is 35.5. The maximum absolute atomic E-state index is 8.64. The van der Waals surface area contributed by atoms with E-state index < -0.39 is 0 Å². The molecule has 0 radical (unpaired) electrons. The summed E-state index contributed by atoms with van der Waals surface area (Å²) >= 11 is 11.9. The van der Waals surface area contributed by atoms with Crippen LogP contribution in [0.2, 0.25) is 10.2 Å². The first kappa shape index (κ1) is 12.6. The van der Waals surface area contributed by atoms with E-state index in [1.807, 2.05) is 0 Å². The minimum atomic E-state index is 0.411. The van der Waals surface area contributed by atoms with E-state index >= 15 is 0 Å². The molecule has 1 aromatic heterocycles. The van der Waals surface area contributed by atoms with Crippen molar-refractivity contribution in [1.29, 1.82) is 5.26 Å². The van der Waals surface area contributed by atoms with Crippen molar-refractivity contribution in [3.8, 4) is 6.07 Å². The molecule has 2 rings (SSSR count). The molecule has 1 heterocycles. The van der Waals surface area contributed by atoms with Crippen molar-refractivity contribution in [3.05, 3.63) is 28.0 Å². The fourth-order valence-electron chi connectivity index (χ4n) is 1.79. The first-order valence-corrected chi connectivity index (χ1v) is 6.37. The van der Waals surface area contributed by atoms with E-state index in [0.717, 1.165) is 18.7 Å². The van der Waals surface area contributed by atoms with Crippen LogP contribution in [0, 0.1) is 11.3 Å². The Morgan fingerprint density at radius 1 is 1.47 bits per heavy atom. The van der Waals surface area contributed by atoms with Crippen LogP contribution in [0.1, 0.15) is 24.8 Å². The third-order valence-electron chi connectivity index (χ3n) is 2.84. The SMILES string of the molecule is N#CCCN(Cc1cnc(Cl)cc1Cl)C1CC1. The number of pyridine rings is 1. The quantitative estimate of drug-likeness (QED) is 0.771. The molecule has 1 aromatic rings. The van der Waals surface area contributed by atoms with Gasteiger partial charge in [0.2, 0.25) is 0 Å². The van der Waals surface area contributed by atoms with Crippen LogP contribution in [0.15, 0.2) is 12.3 Å². The zero-order valence-corrected chi connectivity index (χ0v) is 10.9. The van der Waals surface area contributed by atoms with Crippen LogP contribution in [-0.2, 0) is 6.54 Å². The molecular weight excluding hydrogens is 257 g/mol. The van der Waals surface area contributed by atoms with Crippen LogP contribution in [0.4, 0.5) is 0 Å². The number of hydrogen-bond acceptors (Lipinski definition) is 3. The van der Waals surface area contributed by atoms with Gasteiger partial charge in [-0.1, -0.05) is 23.2 Å². The number of rotatable bonds is 5. The Hall–Kier alpha value is -0.820. The molecule has 0 aliphatic heterocycles. The van der Waals surface area contributed by atoms with E-state index in [-0.39, 0.29) is 0 Å². The highest BCUT2D eigenvalue weighted by molar-refractivity contribution is 6.34. The lowest BCUT2D eigenvalue weighted by Crippen LogP contribution is -2.26. The van der Waals surface area contributed by atoms with Gasteiger partial charge in [0.15, 0.2) is 0 Å². The van der Waals surface area contributed by atoms with E-state index in [1.165, 1.54) is 12.8 Å². The molecule has 0 bridgehead atoms. The zero-order valence-electron chi connectivity index (χ0n) is 9.37. The number of halogens is 2. The fourth-order valence-corrected chi connectivity index (χ4v) is 2.22. The van der Waals surface area contributed by atoms with E-state index in [1.54, 1.807) is 12.3 Å². The van der Waals surface area contributed by atoms with Gasteiger partial charge in [0.1, 0.15) is 5.15 Å². The summed E-state index contributed by atoms with van der Waals surface area (Å²) in [5.74, 6) is 0. The summed E-state index contributed by atoms with van der Waals surface area (Å²) < 4.78 is 0. The number of nitrogens with zero attached hydrogens (tertiary/aromatic N) is 3. The molecule has 0 atom stereocenters. The number of hydrogen-bond donors (Lipinski definition) is 0. The zero-order chi connectivity index (χ0) is 12.3. The van der Waals surface area contributed by atoms with Crippen LogP contribution >= 0.6 is 23.2 Å². The second-order valence-corrected chi connectivity index (χ2v) is 5.00. The van der Waals surface area contributed by atoms with E-state index in [4.69, 9.17) is 28.5 Å². The molecular formula is C12H13Cl2N3. The standard InChI is InChI=1S/C12H13Cl2N3/c13-11-6-12(14)16-7-9(11)8-17(5-1-4-15)10-2-3-10/h6-7,10H,1-3,5,8H2. The Morgan fingerprint density at radius 2 is 2.24 bits per heavy atom.